The van der Waals surface area contributed by atoms with Gasteiger partial charge in [0.15, 0.2) is 17.5 Å². The molecule has 11 nitrogen and oxygen atoms in total. The zero-order valence-corrected chi connectivity index (χ0v) is 19.7. The monoisotopic (exact) mass is 513 g/mol. The molecule has 0 amide bonds. The number of nitrogens with zero attached hydrogens (tertiary/aromatic N) is 8. The number of anilines is 2. The molecule has 36 heavy (non-hydrogen) atoms. The fourth-order valence-electron chi connectivity index (χ4n) is 3.73. The van der Waals surface area contributed by atoms with Gasteiger partial charge in [-0.3, -0.25) is 13.9 Å². The molecule has 0 spiro atoms. The van der Waals surface area contributed by atoms with E-state index in [4.69, 9.17) is 11.6 Å². The standard InChI is InChI=1S/C22H18ClF2N9O2/c1-31-8-13-6-17(14(23)7-16(13)29-31)27-20-28-21(35)34(10-18-26-11-32(2)30-18)22(36)33(20)9-12-4-3-5-15(24)19(12)25/h3-8,11H,9-10H2,1-2H3,(H,27,28,35). The Morgan fingerprint density at radius 1 is 1.03 bits per heavy atom. The van der Waals surface area contributed by atoms with E-state index in [-0.39, 0.29) is 28.9 Å². The second-order valence-electron chi connectivity index (χ2n) is 8.04. The highest BCUT2D eigenvalue weighted by Crippen LogP contribution is 2.29. The molecule has 0 aliphatic heterocycles. The minimum atomic E-state index is -1.12. The lowest BCUT2D eigenvalue weighted by Gasteiger charge is -2.16. The Morgan fingerprint density at radius 2 is 1.83 bits per heavy atom. The van der Waals surface area contributed by atoms with E-state index >= 15 is 0 Å². The minimum Gasteiger partial charge on any atom is -0.324 e. The van der Waals surface area contributed by atoms with Crippen LogP contribution >= 0.6 is 11.6 Å². The van der Waals surface area contributed by atoms with Crippen LogP contribution in [0.4, 0.5) is 20.4 Å². The van der Waals surface area contributed by atoms with Crippen molar-refractivity contribution in [2.75, 3.05) is 5.32 Å². The summed E-state index contributed by atoms with van der Waals surface area (Å²) in [5.41, 5.74) is -0.854. The molecule has 3 heterocycles. The van der Waals surface area contributed by atoms with Crippen molar-refractivity contribution in [3.05, 3.63) is 91.9 Å². The van der Waals surface area contributed by atoms with Gasteiger partial charge in [-0.05, 0) is 18.2 Å². The molecule has 0 aliphatic carbocycles. The third kappa shape index (κ3) is 4.35. The molecule has 0 unspecified atom stereocenters. The summed E-state index contributed by atoms with van der Waals surface area (Å²) in [5.74, 6) is -2.19. The maximum absolute atomic E-state index is 14.5. The Kier molecular flexibility index (Phi) is 5.84. The van der Waals surface area contributed by atoms with Crippen LogP contribution in [0.1, 0.15) is 11.4 Å². The topological polar surface area (TPSA) is 117 Å². The minimum absolute atomic E-state index is 0.114. The molecule has 0 saturated carbocycles. The Labute approximate surface area is 206 Å². The molecule has 0 saturated heterocycles. The molecule has 184 valence electrons. The first-order chi connectivity index (χ1) is 17.2. The van der Waals surface area contributed by atoms with Crippen molar-refractivity contribution < 1.29 is 8.78 Å². The van der Waals surface area contributed by atoms with Gasteiger partial charge < -0.3 is 5.32 Å². The van der Waals surface area contributed by atoms with Crippen molar-refractivity contribution in [2.24, 2.45) is 14.1 Å². The lowest BCUT2D eigenvalue weighted by molar-refractivity contribution is 0.490. The highest BCUT2D eigenvalue weighted by Gasteiger charge is 2.19. The first-order valence-corrected chi connectivity index (χ1v) is 11.0. The Balaban J connectivity index is 1.64. The number of fused-ring (bicyclic) bond motifs is 1. The predicted octanol–water partition coefficient (Wildman–Crippen LogP) is 2.19. The molecule has 5 aromatic rings. The molecule has 14 heteroatoms. The van der Waals surface area contributed by atoms with Crippen LogP contribution in [-0.4, -0.2) is 38.7 Å². The zero-order chi connectivity index (χ0) is 25.6. The number of hydrogen-bond acceptors (Lipinski definition) is 7. The van der Waals surface area contributed by atoms with Gasteiger partial charge in [-0.25, -0.2) is 27.9 Å². The van der Waals surface area contributed by atoms with Crippen LogP contribution < -0.4 is 16.7 Å². The molecule has 1 N–H and O–H groups in total. The first-order valence-electron chi connectivity index (χ1n) is 10.6. The molecule has 0 bridgehead atoms. The van der Waals surface area contributed by atoms with E-state index in [1.54, 1.807) is 37.1 Å². The van der Waals surface area contributed by atoms with Crippen LogP contribution in [0, 0.1) is 11.6 Å². The van der Waals surface area contributed by atoms with Crippen molar-refractivity contribution in [1.82, 2.24) is 38.7 Å². The molecule has 0 fully saturated rings. The average Bonchev–Trinajstić information content (AvgIpc) is 3.40. The summed E-state index contributed by atoms with van der Waals surface area (Å²) in [7, 11) is 3.39. The van der Waals surface area contributed by atoms with Crippen LogP contribution in [0.15, 0.2) is 52.4 Å². The number of nitrogens with one attached hydrogen (secondary N) is 1. The van der Waals surface area contributed by atoms with Gasteiger partial charge in [-0.15, -0.1) is 0 Å². The van der Waals surface area contributed by atoms with Gasteiger partial charge in [-0.1, -0.05) is 23.7 Å². The predicted molar refractivity (Wildman–Crippen MR) is 127 cm³/mol. The number of rotatable bonds is 6. The maximum Gasteiger partial charge on any atom is 0.355 e. The van der Waals surface area contributed by atoms with Gasteiger partial charge in [0.05, 0.1) is 29.3 Å². The van der Waals surface area contributed by atoms with E-state index in [0.717, 1.165) is 20.6 Å². The van der Waals surface area contributed by atoms with Gasteiger partial charge in [0.25, 0.3) is 0 Å². The SMILES string of the molecule is Cn1cnc(Cn2c(=O)nc(Nc3cc4cn(C)nc4cc3Cl)n(Cc3cccc(F)c3F)c2=O)n1. The fraction of sp³-hybridized carbons (Fsp3) is 0.182. The van der Waals surface area contributed by atoms with Gasteiger partial charge in [0.2, 0.25) is 5.95 Å². The molecule has 5 rings (SSSR count). The van der Waals surface area contributed by atoms with E-state index in [1.807, 2.05) is 0 Å². The van der Waals surface area contributed by atoms with E-state index in [0.29, 0.717) is 11.2 Å². The summed E-state index contributed by atoms with van der Waals surface area (Å²) in [5, 5.41) is 12.2. The molecule has 0 aliphatic rings. The van der Waals surface area contributed by atoms with E-state index in [2.05, 4.69) is 25.5 Å². The molecular weight excluding hydrogens is 496 g/mol. The molecular formula is C22H18ClF2N9O2. The summed E-state index contributed by atoms with van der Waals surface area (Å²) in [6, 6.07) is 6.91. The number of hydrogen-bond donors (Lipinski definition) is 1. The van der Waals surface area contributed by atoms with Crippen molar-refractivity contribution in [3.8, 4) is 0 Å². The van der Waals surface area contributed by atoms with Gasteiger partial charge in [0, 0.05) is 31.2 Å². The van der Waals surface area contributed by atoms with Crippen LogP contribution in [0.25, 0.3) is 10.9 Å². The van der Waals surface area contributed by atoms with Crippen molar-refractivity contribution in [1.29, 1.82) is 0 Å². The zero-order valence-electron chi connectivity index (χ0n) is 19.0. The Bertz CT molecular complexity index is 1740. The second-order valence-corrected chi connectivity index (χ2v) is 8.45. The number of aryl methyl sites for hydroxylation is 2. The quantitative estimate of drug-likeness (QED) is 0.370. The lowest BCUT2D eigenvalue weighted by atomic mass is 10.2. The van der Waals surface area contributed by atoms with Crippen LogP contribution in [0.2, 0.25) is 5.02 Å². The van der Waals surface area contributed by atoms with E-state index < -0.39 is 29.6 Å². The normalized spacial score (nSPS) is 11.4. The average molecular weight is 514 g/mol. The Morgan fingerprint density at radius 3 is 2.58 bits per heavy atom. The largest absolute Gasteiger partial charge is 0.355 e. The highest BCUT2D eigenvalue weighted by atomic mass is 35.5. The molecule has 0 radical (unpaired) electrons. The summed E-state index contributed by atoms with van der Waals surface area (Å²) >= 11 is 6.40. The van der Waals surface area contributed by atoms with Gasteiger partial charge >= 0.3 is 11.4 Å². The van der Waals surface area contributed by atoms with Crippen LogP contribution in [0.3, 0.4) is 0 Å². The third-order valence-corrected chi connectivity index (χ3v) is 5.72. The molecule has 3 aromatic heterocycles. The summed E-state index contributed by atoms with van der Waals surface area (Å²) in [6.07, 6.45) is 3.18. The van der Waals surface area contributed by atoms with Gasteiger partial charge in [0.1, 0.15) is 6.33 Å². The highest BCUT2D eigenvalue weighted by molar-refractivity contribution is 6.34. The first kappa shape index (κ1) is 23.4. The number of benzene rings is 2. The summed E-state index contributed by atoms with van der Waals surface area (Å²) < 4.78 is 33.2. The van der Waals surface area contributed by atoms with E-state index in [9.17, 15) is 18.4 Å². The fourth-order valence-corrected chi connectivity index (χ4v) is 3.93. The van der Waals surface area contributed by atoms with Crippen molar-refractivity contribution >= 4 is 34.1 Å². The van der Waals surface area contributed by atoms with Crippen molar-refractivity contribution in [2.45, 2.75) is 13.1 Å². The Hall–Kier alpha value is -4.39. The number of aromatic nitrogens is 8. The maximum atomic E-state index is 14.5. The molecule has 2 aromatic carbocycles. The van der Waals surface area contributed by atoms with E-state index in [1.165, 1.54) is 23.1 Å². The van der Waals surface area contributed by atoms with Crippen molar-refractivity contribution in [3.63, 3.8) is 0 Å². The smallest absolute Gasteiger partial charge is 0.324 e. The third-order valence-electron chi connectivity index (χ3n) is 5.41. The second kappa shape index (κ2) is 9.00. The summed E-state index contributed by atoms with van der Waals surface area (Å²) in [6.45, 7) is -0.680. The van der Waals surface area contributed by atoms with Crippen LogP contribution in [0.5, 0.6) is 0 Å². The molecule has 0 atom stereocenters. The van der Waals surface area contributed by atoms with Gasteiger partial charge in [-0.2, -0.15) is 15.2 Å². The lowest BCUT2D eigenvalue weighted by Crippen LogP contribution is -2.43. The number of halogens is 3. The summed E-state index contributed by atoms with van der Waals surface area (Å²) in [4.78, 5) is 34.3. The van der Waals surface area contributed by atoms with Crippen LogP contribution in [-0.2, 0) is 27.2 Å².